The van der Waals surface area contributed by atoms with Gasteiger partial charge in [-0.05, 0) is 37.0 Å². The van der Waals surface area contributed by atoms with Crippen molar-refractivity contribution in [3.63, 3.8) is 0 Å². The molecule has 2 nitrogen and oxygen atoms in total. The number of ether oxygens (including phenoxy) is 1. The minimum absolute atomic E-state index is 0.249. The highest BCUT2D eigenvalue weighted by molar-refractivity contribution is 9.10. The summed E-state index contributed by atoms with van der Waals surface area (Å²) in [6, 6.07) is 9.25. The number of rotatable bonds is 3. The van der Waals surface area contributed by atoms with Crippen LogP contribution in [-0.2, 0) is 10.3 Å². The smallest absolute Gasteiger partial charge is 0.0620 e. The summed E-state index contributed by atoms with van der Waals surface area (Å²) in [4.78, 5) is 0. The third-order valence-electron chi connectivity index (χ3n) is 3.56. The minimum atomic E-state index is 0.249. The van der Waals surface area contributed by atoms with Gasteiger partial charge in [-0.3, -0.25) is 0 Å². The van der Waals surface area contributed by atoms with Crippen molar-refractivity contribution < 1.29 is 4.74 Å². The topological polar surface area (TPSA) is 21.3 Å². The molecule has 0 bridgehead atoms. The van der Waals surface area contributed by atoms with E-state index in [-0.39, 0.29) is 5.54 Å². The molecule has 1 heterocycles. The van der Waals surface area contributed by atoms with Crippen LogP contribution >= 0.6 is 15.9 Å². The summed E-state index contributed by atoms with van der Waals surface area (Å²) in [5, 5.41) is 3.76. The Balaban J connectivity index is 1.74. The van der Waals surface area contributed by atoms with Crippen LogP contribution in [0.15, 0.2) is 28.7 Å². The van der Waals surface area contributed by atoms with Crippen LogP contribution in [0.3, 0.4) is 0 Å². The third-order valence-corrected chi connectivity index (χ3v) is 4.09. The Morgan fingerprint density at radius 2 is 2.00 bits per heavy atom. The Kier molecular flexibility index (Phi) is 2.78. The Bertz CT molecular complexity index is 366. The summed E-state index contributed by atoms with van der Waals surface area (Å²) in [7, 11) is 0. The van der Waals surface area contributed by atoms with Gasteiger partial charge in [0.15, 0.2) is 0 Å². The fourth-order valence-corrected chi connectivity index (χ4v) is 2.71. The molecular formula is C13H16BrNO. The average molecular weight is 282 g/mol. The molecule has 1 saturated carbocycles. The van der Waals surface area contributed by atoms with E-state index in [1.807, 2.05) is 0 Å². The second kappa shape index (κ2) is 4.13. The zero-order valence-electron chi connectivity index (χ0n) is 9.21. The van der Waals surface area contributed by atoms with Gasteiger partial charge in [-0.25, -0.2) is 0 Å². The number of nitrogens with one attached hydrogen (secondary N) is 1. The van der Waals surface area contributed by atoms with Gasteiger partial charge in [-0.15, -0.1) is 0 Å². The third kappa shape index (κ3) is 2.04. The van der Waals surface area contributed by atoms with E-state index in [0.717, 1.165) is 24.1 Å². The van der Waals surface area contributed by atoms with Crippen molar-refractivity contribution in [2.24, 2.45) is 0 Å². The molecule has 3 rings (SSSR count). The first-order valence-corrected chi connectivity index (χ1v) is 6.69. The van der Waals surface area contributed by atoms with Gasteiger partial charge in [0.1, 0.15) is 0 Å². The van der Waals surface area contributed by atoms with Crippen LogP contribution in [0.2, 0.25) is 0 Å². The SMILES string of the molecule is Brc1ccc(C2(N[C@@H]3CCOC3)CC2)cc1. The lowest BCUT2D eigenvalue weighted by molar-refractivity contribution is 0.187. The van der Waals surface area contributed by atoms with Crippen LogP contribution in [0.25, 0.3) is 0 Å². The van der Waals surface area contributed by atoms with E-state index in [9.17, 15) is 0 Å². The van der Waals surface area contributed by atoms with E-state index in [0.29, 0.717) is 6.04 Å². The first kappa shape index (κ1) is 10.8. The van der Waals surface area contributed by atoms with Gasteiger partial charge in [-0.1, -0.05) is 28.1 Å². The normalized spacial score (nSPS) is 26.9. The highest BCUT2D eigenvalue weighted by Gasteiger charge is 2.45. The quantitative estimate of drug-likeness (QED) is 0.920. The molecule has 0 amide bonds. The molecule has 1 aromatic rings. The van der Waals surface area contributed by atoms with E-state index in [4.69, 9.17) is 4.74 Å². The first-order chi connectivity index (χ1) is 7.78. The maximum absolute atomic E-state index is 5.42. The van der Waals surface area contributed by atoms with Crippen molar-refractivity contribution >= 4 is 15.9 Å². The fourth-order valence-electron chi connectivity index (χ4n) is 2.45. The Labute approximate surface area is 105 Å². The van der Waals surface area contributed by atoms with Crippen LogP contribution in [-0.4, -0.2) is 19.3 Å². The molecular weight excluding hydrogens is 266 g/mol. The highest BCUT2D eigenvalue weighted by Crippen LogP contribution is 2.46. The molecule has 1 N–H and O–H groups in total. The zero-order chi connectivity index (χ0) is 11.0. The number of benzene rings is 1. The largest absolute Gasteiger partial charge is 0.380 e. The average Bonchev–Trinajstić information content (AvgIpc) is 2.88. The van der Waals surface area contributed by atoms with Crippen molar-refractivity contribution in [2.45, 2.75) is 30.8 Å². The van der Waals surface area contributed by atoms with Gasteiger partial charge in [0.05, 0.1) is 6.61 Å². The number of halogens is 1. The van der Waals surface area contributed by atoms with E-state index in [1.165, 1.54) is 18.4 Å². The van der Waals surface area contributed by atoms with E-state index >= 15 is 0 Å². The second-order valence-electron chi connectivity index (χ2n) is 4.79. The molecule has 16 heavy (non-hydrogen) atoms. The van der Waals surface area contributed by atoms with Gasteiger partial charge in [0, 0.05) is 22.7 Å². The van der Waals surface area contributed by atoms with Crippen LogP contribution in [0.1, 0.15) is 24.8 Å². The van der Waals surface area contributed by atoms with Crippen LogP contribution < -0.4 is 5.32 Å². The molecule has 1 aliphatic carbocycles. The van der Waals surface area contributed by atoms with Gasteiger partial charge in [0.2, 0.25) is 0 Å². The first-order valence-electron chi connectivity index (χ1n) is 5.90. The predicted octanol–water partition coefficient (Wildman–Crippen LogP) is 2.82. The molecule has 2 fully saturated rings. The van der Waals surface area contributed by atoms with Gasteiger partial charge in [-0.2, -0.15) is 0 Å². The van der Waals surface area contributed by atoms with E-state index in [2.05, 4.69) is 45.5 Å². The monoisotopic (exact) mass is 281 g/mol. The Morgan fingerprint density at radius 3 is 2.56 bits per heavy atom. The van der Waals surface area contributed by atoms with E-state index in [1.54, 1.807) is 0 Å². The van der Waals surface area contributed by atoms with Crippen molar-refractivity contribution in [2.75, 3.05) is 13.2 Å². The van der Waals surface area contributed by atoms with Crippen molar-refractivity contribution in [3.05, 3.63) is 34.3 Å². The van der Waals surface area contributed by atoms with E-state index < -0.39 is 0 Å². The molecule has 1 saturated heterocycles. The summed E-state index contributed by atoms with van der Waals surface area (Å²) in [5.41, 5.74) is 1.67. The molecule has 0 spiro atoms. The lowest BCUT2D eigenvalue weighted by Gasteiger charge is -2.22. The zero-order valence-corrected chi connectivity index (χ0v) is 10.8. The van der Waals surface area contributed by atoms with Gasteiger partial charge >= 0.3 is 0 Å². The molecule has 1 aliphatic heterocycles. The molecule has 0 unspecified atom stereocenters. The number of hydrogen-bond donors (Lipinski definition) is 1. The lowest BCUT2D eigenvalue weighted by atomic mass is 10.0. The second-order valence-corrected chi connectivity index (χ2v) is 5.71. The van der Waals surface area contributed by atoms with Crippen LogP contribution in [0.4, 0.5) is 0 Å². The Morgan fingerprint density at radius 1 is 1.25 bits per heavy atom. The predicted molar refractivity (Wildman–Crippen MR) is 67.4 cm³/mol. The summed E-state index contributed by atoms with van der Waals surface area (Å²) in [6.45, 7) is 1.78. The number of hydrogen-bond acceptors (Lipinski definition) is 2. The summed E-state index contributed by atoms with van der Waals surface area (Å²) >= 11 is 3.48. The maximum Gasteiger partial charge on any atom is 0.0620 e. The van der Waals surface area contributed by atoms with Crippen LogP contribution in [0.5, 0.6) is 0 Å². The molecule has 1 aromatic carbocycles. The maximum atomic E-state index is 5.42. The van der Waals surface area contributed by atoms with Gasteiger partial charge in [0.25, 0.3) is 0 Å². The molecule has 0 aromatic heterocycles. The minimum Gasteiger partial charge on any atom is -0.380 e. The summed E-state index contributed by atoms with van der Waals surface area (Å²) in [6.07, 6.45) is 3.66. The molecule has 2 aliphatic rings. The van der Waals surface area contributed by atoms with Crippen molar-refractivity contribution in [1.82, 2.24) is 5.32 Å². The summed E-state index contributed by atoms with van der Waals surface area (Å²) < 4.78 is 6.57. The molecule has 86 valence electrons. The molecule has 3 heteroatoms. The summed E-state index contributed by atoms with van der Waals surface area (Å²) in [5.74, 6) is 0. The molecule has 1 atom stereocenters. The lowest BCUT2D eigenvalue weighted by Crippen LogP contribution is -2.38. The molecule has 0 radical (unpaired) electrons. The Hall–Kier alpha value is -0.380. The fraction of sp³-hybridized carbons (Fsp3) is 0.538. The van der Waals surface area contributed by atoms with Gasteiger partial charge < -0.3 is 10.1 Å². The van der Waals surface area contributed by atoms with Crippen molar-refractivity contribution in [1.29, 1.82) is 0 Å². The standard InChI is InChI=1S/C13H16BrNO/c14-11-3-1-10(2-4-11)13(6-7-13)15-12-5-8-16-9-12/h1-4,12,15H,5-9H2/t12-/m1/s1. The van der Waals surface area contributed by atoms with Crippen LogP contribution in [0, 0.1) is 0 Å². The highest BCUT2D eigenvalue weighted by atomic mass is 79.9. The van der Waals surface area contributed by atoms with Crippen molar-refractivity contribution in [3.8, 4) is 0 Å².